The predicted molar refractivity (Wildman–Crippen MR) is 88.2 cm³/mol. The molecule has 0 fully saturated rings. The second-order valence-corrected chi connectivity index (χ2v) is 6.47. The molecule has 1 N–H and O–H groups in total. The van der Waals surface area contributed by atoms with E-state index < -0.39 is 11.4 Å². The molecule has 1 aliphatic rings. The molecule has 1 aliphatic carbocycles. The Kier molecular flexibility index (Phi) is 9.22. The maximum atomic E-state index is 11.8. The molecule has 0 aromatic carbocycles. The molecule has 1 unspecified atom stereocenters. The number of carboxylic acids is 1. The van der Waals surface area contributed by atoms with E-state index in [9.17, 15) is 9.90 Å². The van der Waals surface area contributed by atoms with Crippen LogP contribution in [0, 0.1) is 17.3 Å². The van der Waals surface area contributed by atoms with Crippen molar-refractivity contribution < 1.29 is 9.90 Å². The third kappa shape index (κ3) is 7.02. The minimum absolute atomic E-state index is 0.691. The van der Waals surface area contributed by atoms with Crippen molar-refractivity contribution in [2.45, 2.75) is 96.8 Å². The summed E-state index contributed by atoms with van der Waals surface area (Å²) in [6, 6.07) is 0. The SMILES string of the molecule is CCCCCCCCC1(C(=O)O)C#CCCCCCCC1. The third-order valence-electron chi connectivity index (χ3n) is 4.60. The lowest BCUT2D eigenvalue weighted by Gasteiger charge is -2.24. The Morgan fingerprint density at radius 1 is 1.00 bits per heavy atom. The number of rotatable bonds is 8. The van der Waals surface area contributed by atoms with E-state index in [0.29, 0.717) is 0 Å². The Morgan fingerprint density at radius 2 is 1.67 bits per heavy atom. The molecule has 0 spiro atoms. The summed E-state index contributed by atoms with van der Waals surface area (Å²) in [6.45, 7) is 2.22. The second-order valence-electron chi connectivity index (χ2n) is 6.47. The summed E-state index contributed by atoms with van der Waals surface area (Å²) in [7, 11) is 0. The Morgan fingerprint density at radius 3 is 2.43 bits per heavy atom. The Hall–Kier alpha value is -0.970. The van der Waals surface area contributed by atoms with Gasteiger partial charge in [-0.25, -0.2) is 0 Å². The van der Waals surface area contributed by atoms with E-state index in [-0.39, 0.29) is 0 Å². The standard InChI is InChI=1S/C19H32O2/c1-2-3-4-5-9-12-15-19(18(20)21)16-13-10-7-6-8-11-14-17-19/h2-13,15-16H2,1H3,(H,20,21). The van der Waals surface area contributed by atoms with E-state index in [1.165, 1.54) is 38.5 Å². The van der Waals surface area contributed by atoms with Crippen LogP contribution in [0.1, 0.15) is 96.8 Å². The summed E-state index contributed by atoms with van der Waals surface area (Å²) < 4.78 is 0. The van der Waals surface area contributed by atoms with Crippen LogP contribution in [0.25, 0.3) is 0 Å². The third-order valence-corrected chi connectivity index (χ3v) is 4.60. The van der Waals surface area contributed by atoms with Crippen molar-refractivity contribution in [2.24, 2.45) is 5.41 Å². The number of carboxylic acid groups (broad SMARTS) is 1. The van der Waals surface area contributed by atoms with Crippen molar-refractivity contribution in [3.63, 3.8) is 0 Å². The lowest BCUT2D eigenvalue weighted by molar-refractivity contribution is -0.146. The number of hydrogen-bond acceptors (Lipinski definition) is 1. The van der Waals surface area contributed by atoms with Crippen LogP contribution in [-0.2, 0) is 4.79 Å². The van der Waals surface area contributed by atoms with Crippen molar-refractivity contribution in [1.29, 1.82) is 0 Å². The predicted octanol–water partition coefficient (Wildman–Crippen LogP) is 5.56. The molecular formula is C19H32O2. The van der Waals surface area contributed by atoms with Gasteiger partial charge in [0.1, 0.15) is 5.41 Å². The van der Waals surface area contributed by atoms with E-state index in [0.717, 1.165) is 51.4 Å². The van der Waals surface area contributed by atoms with Crippen molar-refractivity contribution in [1.82, 2.24) is 0 Å². The quantitative estimate of drug-likeness (QED) is 0.470. The van der Waals surface area contributed by atoms with Crippen LogP contribution < -0.4 is 0 Å². The first-order chi connectivity index (χ1) is 10.2. The van der Waals surface area contributed by atoms with E-state index in [4.69, 9.17) is 0 Å². The van der Waals surface area contributed by atoms with Gasteiger partial charge in [-0.15, -0.1) is 5.92 Å². The van der Waals surface area contributed by atoms with Crippen molar-refractivity contribution >= 4 is 5.97 Å². The molecule has 0 aromatic rings. The fourth-order valence-corrected chi connectivity index (χ4v) is 3.13. The molecule has 0 heterocycles. The maximum absolute atomic E-state index is 11.8. The van der Waals surface area contributed by atoms with Gasteiger partial charge in [0.25, 0.3) is 0 Å². The van der Waals surface area contributed by atoms with Crippen LogP contribution in [0.3, 0.4) is 0 Å². The van der Waals surface area contributed by atoms with Crippen LogP contribution in [0.2, 0.25) is 0 Å². The number of hydrogen-bond donors (Lipinski definition) is 1. The highest BCUT2D eigenvalue weighted by Gasteiger charge is 2.35. The molecule has 120 valence electrons. The van der Waals surface area contributed by atoms with E-state index in [1.54, 1.807) is 0 Å². The van der Waals surface area contributed by atoms with Crippen molar-refractivity contribution in [3.05, 3.63) is 0 Å². The van der Waals surface area contributed by atoms with E-state index in [2.05, 4.69) is 18.8 Å². The smallest absolute Gasteiger partial charge is 0.321 e. The minimum Gasteiger partial charge on any atom is -0.480 e. The Bertz CT molecular complexity index is 350. The molecule has 2 nitrogen and oxygen atoms in total. The summed E-state index contributed by atoms with van der Waals surface area (Å²) in [5.41, 5.74) is -0.762. The molecule has 0 saturated heterocycles. The molecular weight excluding hydrogens is 260 g/mol. The zero-order chi connectivity index (χ0) is 15.4. The zero-order valence-corrected chi connectivity index (χ0v) is 13.8. The number of unbranched alkanes of at least 4 members (excludes halogenated alkanes) is 5. The lowest BCUT2D eigenvalue weighted by Crippen LogP contribution is -2.29. The average Bonchev–Trinajstić information content (AvgIpc) is 2.48. The van der Waals surface area contributed by atoms with Gasteiger partial charge in [-0.2, -0.15) is 0 Å². The summed E-state index contributed by atoms with van der Waals surface area (Å²) in [5, 5.41) is 9.71. The fraction of sp³-hybridized carbons (Fsp3) is 0.842. The highest BCUT2D eigenvalue weighted by molar-refractivity contribution is 5.78. The Labute approximate surface area is 130 Å². The van der Waals surface area contributed by atoms with Crippen LogP contribution in [-0.4, -0.2) is 11.1 Å². The topological polar surface area (TPSA) is 37.3 Å². The normalized spacial score (nSPS) is 23.1. The molecule has 0 bridgehead atoms. The van der Waals surface area contributed by atoms with Gasteiger partial charge in [0, 0.05) is 6.42 Å². The van der Waals surface area contributed by atoms with Crippen LogP contribution >= 0.6 is 0 Å². The van der Waals surface area contributed by atoms with Gasteiger partial charge in [0.05, 0.1) is 0 Å². The second kappa shape index (κ2) is 10.7. The van der Waals surface area contributed by atoms with Gasteiger partial charge in [-0.3, -0.25) is 4.79 Å². The zero-order valence-electron chi connectivity index (χ0n) is 13.8. The molecule has 0 amide bonds. The van der Waals surface area contributed by atoms with Gasteiger partial charge in [0.15, 0.2) is 0 Å². The van der Waals surface area contributed by atoms with Gasteiger partial charge >= 0.3 is 5.97 Å². The monoisotopic (exact) mass is 292 g/mol. The highest BCUT2D eigenvalue weighted by Crippen LogP contribution is 2.32. The van der Waals surface area contributed by atoms with Gasteiger partial charge < -0.3 is 5.11 Å². The molecule has 1 rings (SSSR count). The highest BCUT2D eigenvalue weighted by atomic mass is 16.4. The molecule has 0 aliphatic heterocycles. The molecule has 0 saturated carbocycles. The van der Waals surface area contributed by atoms with Gasteiger partial charge in [0.2, 0.25) is 0 Å². The molecule has 0 aromatic heterocycles. The fourth-order valence-electron chi connectivity index (χ4n) is 3.13. The molecule has 2 heteroatoms. The first-order valence-corrected chi connectivity index (χ1v) is 8.95. The van der Waals surface area contributed by atoms with Crippen LogP contribution in [0.15, 0.2) is 0 Å². The summed E-state index contributed by atoms with van der Waals surface area (Å²) in [4.78, 5) is 11.8. The summed E-state index contributed by atoms with van der Waals surface area (Å²) in [5.74, 6) is 5.62. The minimum atomic E-state index is -0.762. The molecule has 0 radical (unpaired) electrons. The first-order valence-electron chi connectivity index (χ1n) is 8.95. The van der Waals surface area contributed by atoms with Gasteiger partial charge in [-0.05, 0) is 19.3 Å². The lowest BCUT2D eigenvalue weighted by atomic mass is 9.78. The average molecular weight is 292 g/mol. The van der Waals surface area contributed by atoms with Crippen LogP contribution in [0.5, 0.6) is 0 Å². The van der Waals surface area contributed by atoms with E-state index >= 15 is 0 Å². The molecule has 1 atom stereocenters. The van der Waals surface area contributed by atoms with Crippen LogP contribution in [0.4, 0.5) is 0 Å². The Balaban J connectivity index is 2.53. The van der Waals surface area contributed by atoms with Crippen molar-refractivity contribution in [2.75, 3.05) is 0 Å². The van der Waals surface area contributed by atoms with Crippen molar-refractivity contribution in [3.8, 4) is 11.8 Å². The number of carbonyl (C=O) groups is 1. The van der Waals surface area contributed by atoms with E-state index in [1.807, 2.05) is 0 Å². The number of aliphatic carboxylic acids is 1. The van der Waals surface area contributed by atoms with Gasteiger partial charge in [-0.1, -0.05) is 77.1 Å². The summed E-state index contributed by atoms with van der Waals surface area (Å²) >= 11 is 0. The maximum Gasteiger partial charge on any atom is 0.321 e. The largest absolute Gasteiger partial charge is 0.480 e. The summed E-state index contributed by atoms with van der Waals surface area (Å²) in [6.07, 6.45) is 15.3. The first kappa shape index (κ1) is 18.1. The molecule has 21 heavy (non-hydrogen) atoms.